The van der Waals surface area contributed by atoms with Crippen molar-refractivity contribution in [3.63, 3.8) is 0 Å². The van der Waals surface area contributed by atoms with E-state index in [0.29, 0.717) is 19.3 Å². The van der Waals surface area contributed by atoms with Gasteiger partial charge in [-0.25, -0.2) is 11.0 Å². The van der Waals surface area contributed by atoms with Crippen molar-refractivity contribution in [2.45, 2.75) is 221 Å². The normalized spacial score (nSPS) is 13.1. The Morgan fingerprint density at radius 3 is 1.07 bits per heavy atom. The van der Waals surface area contributed by atoms with Gasteiger partial charge < -0.3 is 21.3 Å². The van der Waals surface area contributed by atoms with Crippen LogP contribution in [-0.4, -0.2) is 72.0 Å². The van der Waals surface area contributed by atoms with Crippen molar-refractivity contribution in [3.8, 4) is 0 Å². The number of likely N-dealkylation sites (N-methyl/N-ethyl adjacent to an activating group) is 2. The molecule has 346 valence electrons. The Bertz CT molecular complexity index is 1130. The van der Waals surface area contributed by atoms with Gasteiger partial charge in [0.2, 0.25) is 35.4 Å². The minimum absolute atomic E-state index is 0.0784. The lowest BCUT2D eigenvalue weighted by Crippen LogP contribution is -2.54. The summed E-state index contributed by atoms with van der Waals surface area (Å²) < 4.78 is 0. The molecule has 4 atom stereocenters. The van der Waals surface area contributed by atoms with E-state index in [4.69, 9.17) is 10.4 Å². The van der Waals surface area contributed by atoms with Gasteiger partial charge in [-0.05, 0) is 24.7 Å². The number of rotatable bonds is 34. The molecule has 0 radical (unpaired) electrons. The van der Waals surface area contributed by atoms with E-state index in [1.165, 1.54) is 110 Å². The van der Waals surface area contributed by atoms with Crippen LogP contribution in [-0.2, 0) is 28.8 Å². The molecule has 59 heavy (non-hydrogen) atoms. The number of hydroxylamine groups is 2. The first-order chi connectivity index (χ1) is 28.2. The minimum Gasteiger partial charge on any atom is -0.357 e. The molecule has 0 spiro atoms. The zero-order chi connectivity index (χ0) is 44.9. The van der Waals surface area contributed by atoms with E-state index in [-0.39, 0.29) is 36.5 Å². The molecule has 0 aromatic carbocycles. The van der Waals surface area contributed by atoms with Gasteiger partial charge >= 0.3 is 0 Å². The highest BCUT2D eigenvalue weighted by molar-refractivity contribution is 5.91. The molecule has 0 unspecified atom stereocenters. The predicted octanol–water partition coefficient (Wildman–Crippen LogP) is 7.93. The maximum absolute atomic E-state index is 12.7. The standard InChI is InChI=1S/C25H49N3O4.C20H39N3O4/c1-4-6-7-8-9-10-11-12-13-14-15-16-17-18-19-21(20-23(29)28-32)24(30)27-22(5-2)25(31)26-3;1-6-7-8-9-10-11-12-13-15(14-16(24)23-27)18(25)22-17(19(26)21-5)20(2,3)4/h21-22,32H,4-20H2,1-3H3,(H,26,31)(H,27,30)(H,28,29);15,17,27H,6-14H2,1-5H3,(H,21,26)(H,22,25)(H,23,24)/t21-,22+;15-,17-/m11/s1. The summed E-state index contributed by atoms with van der Waals surface area (Å²) in [6, 6.07) is -1.30. The number of carbonyl (C=O) groups is 6. The first kappa shape index (κ1) is 57.8. The lowest BCUT2D eigenvalue weighted by molar-refractivity contribution is -0.137. The highest BCUT2D eigenvalue weighted by atomic mass is 16.5. The molecular weight excluding hydrogens is 753 g/mol. The van der Waals surface area contributed by atoms with E-state index in [1.807, 2.05) is 27.7 Å². The molecule has 8 N–H and O–H groups in total. The van der Waals surface area contributed by atoms with Crippen LogP contribution in [0.4, 0.5) is 0 Å². The monoisotopic (exact) mass is 841 g/mol. The van der Waals surface area contributed by atoms with Gasteiger partial charge in [-0.3, -0.25) is 39.2 Å². The highest BCUT2D eigenvalue weighted by Gasteiger charge is 2.34. The average molecular weight is 841 g/mol. The van der Waals surface area contributed by atoms with E-state index < -0.39 is 41.1 Å². The number of amides is 6. The third kappa shape index (κ3) is 31.3. The molecule has 0 aromatic rings. The van der Waals surface area contributed by atoms with Crippen LogP contribution in [0.2, 0.25) is 0 Å². The lowest BCUT2D eigenvalue weighted by Gasteiger charge is -2.31. The van der Waals surface area contributed by atoms with Crippen molar-refractivity contribution in [3.05, 3.63) is 0 Å². The largest absolute Gasteiger partial charge is 0.357 e. The van der Waals surface area contributed by atoms with E-state index in [9.17, 15) is 28.8 Å². The minimum atomic E-state index is -0.691. The third-order valence-electron chi connectivity index (χ3n) is 10.9. The van der Waals surface area contributed by atoms with Crippen molar-refractivity contribution >= 4 is 35.4 Å². The van der Waals surface area contributed by atoms with Crippen LogP contribution in [0.5, 0.6) is 0 Å². The fraction of sp³-hybridized carbons (Fsp3) is 0.867. The molecule has 0 bridgehead atoms. The lowest BCUT2D eigenvalue weighted by atomic mass is 9.85. The Balaban J connectivity index is 0. The van der Waals surface area contributed by atoms with Crippen LogP contribution in [0, 0.1) is 17.3 Å². The van der Waals surface area contributed by atoms with Gasteiger partial charge in [0, 0.05) is 38.8 Å². The quantitative estimate of drug-likeness (QED) is 0.0181. The maximum atomic E-state index is 12.7. The molecule has 0 aliphatic rings. The Morgan fingerprint density at radius 1 is 0.458 bits per heavy atom. The summed E-state index contributed by atoms with van der Waals surface area (Å²) in [6.45, 7) is 11.9. The fourth-order valence-corrected chi connectivity index (χ4v) is 7.02. The first-order valence-electron chi connectivity index (χ1n) is 23.1. The summed E-state index contributed by atoms with van der Waals surface area (Å²) in [5, 5.41) is 28.3. The molecule has 0 fully saturated rings. The smallest absolute Gasteiger partial charge is 0.244 e. The van der Waals surface area contributed by atoms with Gasteiger partial charge in [0.15, 0.2) is 0 Å². The highest BCUT2D eigenvalue weighted by Crippen LogP contribution is 2.22. The van der Waals surface area contributed by atoms with Crippen LogP contribution in [0.15, 0.2) is 0 Å². The SMILES string of the molecule is CCCCCCCCCCCCCCCC[C@H](CC(=O)NO)C(=O)N[C@@H](CC)C(=O)NC.CCCCCCCCC[C@H](CC(=O)NO)C(=O)N[C@H](C(=O)NC)C(C)(C)C. The van der Waals surface area contributed by atoms with Crippen molar-refractivity contribution in [2.24, 2.45) is 17.3 Å². The summed E-state index contributed by atoms with van der Waals surface area (Å²) in [5.74, 6) is -3.43. The first-order valence-corrected chi connectivity index (χ1v) is 23.1. The Kier molecular flexibility index (Phi) is 37.0. The van der Waals surface area contributed by atoms with Gasteiger partial charge in [0.05, 0.1) is 0 Å². The molecule has 0 aromatic heterocycles. The number of hydrogen-bond donors (Lipinski definition) is 8. The summed E-state index contributed by atoms with van der Waals surface area (Å²) >= 11 is 0. The molecule has 0 rings (SSSR count). The van der Waals surface area contributed by atoms with E-state index in [1.54, 1.807) is 11.0 Å². The Morgan fingerprint density at radius 2 is 0.780 bits per heavy atom. The zero-order valence-corrected chi connectivity index (χ0v) is 38.5. The van der Waals surface area contributed by atoms with Crippen LogP contribution in [0.1, 0.15) is 208 Å². The second-order valence-corrected chi connectivity index (χ2v) is 17.2. The van der Waals surface area contributed by atoms with Gasteiger partial charge in [-0.2, -0.15) is 0 Å². The van der Waals surface area contributed by atoms with Crippen molar-refractivity contribution < 1.29 is 39.2 Å². The number of hydrogen-bond acceptors (Lipinski definition) is 8. The third-order valence-corrected chi connectivity index (χ3v) is 10.9. The summed E-state index contributed by atoms with van der Waals surface area (Å²) in [5.41, 5.74) is 2.74. The Labute approximate surface area is 358 Å². The molecular formula is C45H88N6O8. The molecule has 0 aliphatic carbocycles. The maximum Gasteiger partial charge on any atom is 0.244 e. The van der Waals surface area contributed by atoms with Crippen LogP contribution in [0.3, 0.4) is 0 Å². The van der Waals surface area contributed by atoms with Crippen molar-refractivity contribution in [1.29, 1.82) is 0 Å². The van der Waals surface area contributed by atoms with E-state index in [2.05, 4.69) is 35.1 Å². The van der Waals surface area contributed by atoms with Gasteiger partial charge in [0.25, 0.3) is 0 Å². The molecule has 0 saturated carbocycles. The second-order valence-electron chi connectivity index (χ2n) is 17.2. The van der Waals surface area contributed by atoms with E-state index in [0.717, 1.165) is 38.5 Å². The van der Waals surface area contributed by atoms with Gasteiger partial charge in [-0.1, -0.05) is 176 Å². The van der Waals surface area contributed by atoms with Crippen molar-refractivity contribution in [2.75, 3.05) is 14.1 Å². The van der Waals surface area contributed by atoms with Crippen LogP contribution >= 0.6 is 0 Å². The second kappa shape index (κ2) is 37.7. The summed E-state index contributed by atoms with van der Waals surface area (Å²) in [7, 11) is 3.06. The average Bonchev–Trinajstić information content (AvgIpc) is 3.22. The molecule has 6 amide bonds. The van der Waals surface area contributed by atoms with Crippen LogP contribution < -0.4 is 32.2 Å². The number of unbranched alkanes of at least 4 members (excludes halogenated alkanes) is 19. The zero-order valence-electron chi connectivity index (χ0n) is 38.5. The summed E-state index contributed by atoms with van der Waals surface area (Å²) in [4.78, 5) is 72.5. The molecule has 0 saturated heterocycles. The molecule has 0 heterocycles. The predicted molar refractivity (Wildman–Crippen MR) is 235 cm³/mol. The molecule has 14 heteroatoms. The summed E-state index contributed by atoms with van der Waals surface area (Å²) in [6.07, 6.45) is 26.9. The molecule has 0 aliphatic heterocycles. The fourth-order valence-electron chi connectivity index (χ4n) is 7.02. The topological polar surface area (TPSA) is 215 Å². The number of carbonyl (C=O) groups excluding carboxylic acids is 6. The van der Waals surface area contributed by atoms with E-state index >= 15 is 0 Å². The number of nitrogens with one attached hydrogen (secondary N) is 6. The van der Waals surface area contributed by atoms with Crippen LogP contribution in [0.25, 0.3) is 0 Å². The van der Waals surface area contributed by atoms with Gasteiger partial charge in [-0.15, -0.1) is 0 Å². The Hall–Kier alpha value is -3.26. The molecule has 14 nitrogen and oxygen atoms in total. The van der Waals surface area contributed by atoms with Crippen molar-refractivity contribution in [1.82, 2.24) is 32.2 Å². The van der Waals surface area contributed by atoms with Gasteiger partial charge in [0.1, 0.15) is 12.1 Å².